The van der Waals surface area contributed by atoms with Crippen LogP contribution in [0.4, 0.5) is 0 Å². The van der Waals surface area contributed by atoms with E-state index < -0.39 is 12.1 Å². The smallest absolute Gasteiger partial charge is 0.344 e. The molecule has 0 aliphatic rings. The largest absolute Gasteiger partial charge is 0.479 e. The first-order valence-electron chi connectivity index (χ1n) is 11.6. The molecule has 0 fully saturated rings. The van der Waals surface area contributed by atoms with E-state index in [-0.39, 0.29) is 0 Å². The molecule has 0 radical (unpaired) electrons. The molecule has 0 bridgehead atoms. The second-order valence-corrected chi connectivity index (χ2v) is 8.14. The first kappa shape index (κ1) is 24.5. The highest BCUT2D eigenvalue weighted by Crippen LogP contribution is 2.18. The molecule has 1 rings (SSSR count). The third kappa shape index (κ3) is 12.8. The summed E-state index contributed by atoms with van der Waals surface area (Å²) < 4.78 is 5.64. The van der Waals surface area contributed by atoms with Gasteiger partial charge in [0, 0.05) is 0 Å². The van der Waals surface area contributed by atoms with Crippen LogP contribution < -0.4 is 4.74 Å². The van der Waals surface area contributed by atoms with E-state index in [4.69, 9.17) is 4.74 Å². The zero-order chi connectivity index (χ0) is 20.5. The number of unbranched alkanes of at least 4 members (excludes halogenated alkanes) is 13. The number of hydrogen-bond acceptors (Lipinski definition) is 2. The van der Waals surface area contributed by atoms with Gasteiger partial charge in [0.1, 0.15) is 5.75 Å². The molecule has 0 saturated carbocycles. The highest BCUT2D eigenvalue weighted by molar-refractivity contribution is 5.72. The van der Waals surface area contributed by atoms with E-state index in [1.54, 1.807) is 0 Å². The summed E-state index contributed by atoms with van der Waals surface area (Å²) in [4.78, 5) is 11.4. The number of aliphatic carboxylic acids is 1. The zero-order valence-corrected chi connectivity index (χ0v) is 18.3. The van der Waals surface area contributed by atoms with Crippen molar-refractivity contribution in [1.82, 2.24) is 0 Å². The highest BCUT2D eigenvalue weighted by Gasteiger charge is 2.18. The van der Waals surface area contributed by atoms with Crippen LogP contribution in [-0.2, 0) is 4.79 Å². The molecule has 0 aliphatic carbocycles. The van der Waals surface area contributed by atoms with E-state index in [0.717, 1.165) is 18.4 Å². The van der Waals surface area contributed by atoms with Crippen LogP contribution in [0.25, 0.3) is 0 Å². The van der Waals surface area contributed by atoms with Crippen molar-refractivity contribution in [2.75, 3.05) is 0 Å². The number of hydrogen-bond donors (Lipinski definition) is 1. The summed E-state index contributed by atoms with van der Waals surface area (Å²) in [6.07, 6.45) is 18.1. The minimum Gasteiger partial charge on any atom is -0.479 e. The summed E-state index contributed by atoms with van der Waals surface area (Å²) in [5, 5.41) is 9.37. The van der Waals surface area contributed by atoms with Gasteiger partial charge in [-0.3, -0.25) is 0 Å². The minimum absolute atomic E-state index is 0.585. The highest BCUT2D eigenvalue weighted by atomic mass is 16.5. The molecule has 0 amide bonds. The number of carboxylic acids is 1. The number of carboxylic acid groups (broad SMARTS) is 1. The van der Waals surface area contributed by atoms with Gasteiger partial charge in [0.25, 0.3) is 0 Å². The topological polar surface area (TPSA) is 46.5 Å². The molecule has 1 N–H and O–H groups in total. The van der Waals surface area contributed by atoms with Crippen molar-refractivity contribution in [2.24, 2.45) is 0 Å². The Hall–Kier alpha value is -1.51. The Morgan fingerprint density at radius 3 is 1.64 bits per heavy atom. The molecule has 0 heterocycles. The third-order valence-corrected chi connectivity index (χ3v) is 5.39. The quantitative estimate of drug-likeness (QED) is 0.261. The predicted octanol–water partition coefficient (Wildman–Crippen LogP) is 7.70. The van der Waals surface area contributed by atoms with Gasteiger partial charge in [-0.05, 0) is 31.9 Å². The van der Waals surface area contributed by atoms with Gasteiger partial charge in [0.05, 0.1) is 0 Å². The van der Waals surface area contributed by atoms with Gasteiger partial charge in [0.2, 0.25) is 0 Å². The van der Waals surface area contributed by atoms with Crippen LogP contribution >= 0.6 is 0 Å². The van der Waals surface area contributed by atoms with E-state index >= 15 is 0 Å². The third-order valence-electron chi connectivity index (χ3n) is 5.39. The fourth-order valence-corrected chi connectivity index (χ4v) is 3.54. The van der Waals surface area contributed by atoms with E-state index in [0.29, 0.717) is 12.2 Å². The molecule has 0 saturated heterocycles. The first-order valence-corrected chi connectivity index (χ1v) is 11.6. The number of benzene rings is 1. The number of carbonyl (C=O) groups is 1. The first-order chi connectivity index (χ1) is 13.6. The average Bonchev–Trinajstić information content (AvgIpc) is 2.68. The maximum absolute atomic E-state index is 11.4. The molecule has 1 aromatic carbocycles. The van der Waals surface area contributed by atoms with E-state index in [2.05, 4.69) is 6.92 Å². The van der Waals surface area contributed by atoms with Crippen LogP contribution in [0.1, 0.15) is 109 Å². The predicted molar refractivity (Wildman–Crippen MR) is 118 cm³/mol. The average molecular weight is 391 g/mol. The Morgan fingerprint density at radius 2 is 1.21 bits per heavy atom. The van der Waals surface area contributed by atoms with Crippen molar-refractivity contribution in [1.29, 1.82) is 0 Å². The maximum Gasteiger partial charge on any atom is 0.344 e. The Balaban J connectivity index is 1.97. The Kier molecular flexibility index (Phi) is 14.4. The van der Waals surface area contributed by atoms with Gasteiger partial charge in [0.15, 0.2) is 6.10 Å². The van der Waals surface area contributed by atoms with E-state index in [9.17, 15) is 9.90 Å². The second kappa shape index (κ2) is 16.4. The zero-order valence-electron chi connectivity index (χ0n) is 18.3. The van der Waals surface area contributed by atoms with Gasteiger partial charge >= 0.3 is 5.97 Å². The lowest BCUT2D eigenvalue weighted by Gasteiger charge is -2.15. The summed E-state index contributed by atoms with van der Waals surface area (Å²) in [6.45, 7) is 4.27. The molecule has 160 valence electrons. The Labute approximate surface area is 172 Å². The lowest BCUT2D eigenvalue weighted by atomic mass is 10.0. The molecule has 1 atom stereocenters. The van der Waals surface area contributed by atoms with E-state index in [1.807, 2.05) is 31.2 Å². The normalized spacial score (nSPS) is 12.1. The van der Waals surface area contributed by atoms with Gasteiger partial charge in [-0.1, -0.05) is 108 Å². The SMILES string of the molecule is CCCCCCCCCCCCCCCCC(Oc1ccc(C)cc1)C(=O)O. The Bertz CT molecular complexity index is 495. The molecule has 1 aromatic rings. The summed E-state index contributed by atoms with van der Waals surface area (Å²) in [6, 6.07) is 7.58. The van der Waals surface area contributed by atoms with Crippen molar-refractivity contribution in [3.05, 3.63) is 29.8 Å². The minimum atomic E-state index is -0.865. The van der Waals surface area contributed by atoms with Crippen LogP contribution in [0.3, 0.4) is 0 Å². The summed E-state index contributed by atoms with van der Waals surface area (Å²) >= 11 is 0. The molecule has 3 nitrogen and oxygen atoms in total. The van der Waals surface area contributed by atoms with E-state index in [1.165, 1.54) is 77.0 Å². The van der Waals surface area contributed by atoms with Crippen LogP contribution in [-0.4, -0.2) is 17.2 Å². The molecule has 0 aliphatic heterocycles. The van der Waals surface area contributed by atoms with Crippen molar-refractivity contribution in [3.63, 3.8) is 0 Å². The van der Waals surface area contributed by atoms with Gasteiger partial charge in [-0.15, -0.1) is 0 Å². The summed E-state index contributed by atoms with van der Waals surface area (Å²) in [5.74, 6) is -0.223. The monoisotopic (exact) mass is 390 g/mol. The number of ether oxygens (including phenoxy) is 1. The van der Waals surface area contributed by atoms with Crippen molar-refractivity contribution < 1.29 is 14.6 Å². The molecule has 1 unspecified atom stereocenters. The number of rotatable bonds is 18. The van der Waals surface area contributed by atoms with Crippen molar-refractivity contribution >= 4 is 5.97 Å². The van der Waals surface area contributed by atoms with Crippen LogP contribution in [0, 0.1) is 6.92 Å². The van der Waals surface area contributed by atoms with Gasteiger partial charge < -0.3 is 9.84 Å². The molecule has 3 heteroatoms. The summed E-state index contributed by atoms with van der Waals surface area (Å²) in [7, 11) is 0. The molecule has 0 spiro atoms. The molecule has 28 heavy (non-hydrogen) atoms. The Morgan fingerprint density at radius 1 is 0.786 bits per heavy atom. The van der Waals surface area contributed by atoms with Crippen LogP contribution in [0.5, 0.6) is 5.75 Å². The summed E-state index contributed by atoms with van der Waals surface area (Å²) in [5.41, 5.74) is 1.14. The molecular weight excluding hydrogens is 348 g/mol. The lowest BCUT2D eigenvalue weighted by Crippen LogP contribution is -2.26. The second-order valence-electron chi connectivity index (χ2n) is 8.14. The molecule has 0 aromatic heterocycles. The number of aryl methyl sites for hydroxylation is 1. The molecular formula is C25H42O3. The fourth-order valence-electron chi connectivity index (χ4n) is 3.54. The van der Waals surface area contributed by atoms with Crippen LogP contribution in [0.15, 0.2) is 24.3 Å². The lowest BCUT2D eigenvalue weighted by molar-refractivity contribution is -0.145. The van der Waals surface area contributed by atoms with Gasteiger partial charge in [-0.2, -0.15) is 0 Å². The van der Waals surface area contributed by atoms with Crippen molar-refractivity contribution in [3.8, 4) is 5.75 Å². The fraction of sp³-hybridized carbons (Fsp3) is 0.720. The van der Waals surface area contributed by atoms with Gasteiger partial charge in [-0.25, -0.2) is 4.79 Å². The van der Waals surface area contributed by atoms with Crippen LogP contribution in [0.2, 0.25) is 0 Å². The standard InChI is InChI=1S/C25H42O3/c1-3-4-5-6-7-8-9-10-11-12-13-14-15-16-17-24(25(26)27)28-23-20-18-22(2)19-21-23/h18-21,24H,3-17H2,1-2H3,(H,26,27). The van der Waals surface area contributed by atoms with Crippen molar-refractivity contribution in [2.45, 2.75) is 116 Å². The maximum atomic E-state index is 11.4.